The van der Waals surface area contributed by atoms with Crippen LogP contribution >= 0.6 is 11.3 Å². The number of benzene rings is 2. The zero-order chi connectivity index (χ0) is 15.4. The lowest BCUT2D eigenvalue weighted by molar-refractivity contribution is 0.628. The molecule has 3 rings (SSSR count). The van der Waals surface area contributed by atoms with Gasteiger partial charge in [0.25, 0.3) is 0 Å². The number of rotatable bonds is 3. The summed E-state index contributed by atoms with van der Waals surface area (Å²) in [6.45, 7) is 0. The highest BCUT2D eigenvalue weighted by Crippen LogP contribution is 2.27. The number of thiazole rings is 1. The molecule has 3 aromatic rings. The van der Waals surface area contributed by atoms with Gasteiger partial charge in [-0.1, -0.05) is 30.3 Å². The number of aromatic nitrogens is 1. The Kier molecular flexibility index (Phi) is 4.08. The van der Waals surface area contributed by atoms with Gasteiger partial charge in [0, 0.05) is 10.9 Å². The summed E-state index contributed by atoms with van der Waals surface area (Å²) in [4.78, 5) is 4.48. The lowest BCUT2D eigenvalue weighted by Crippen LogP contribution is -1.83. The number of nitriles is 1. The highest BCUT2D eigenvalue weighted by Gasteiger charge is 2.09. The van der Waals surface area contributed by atoms with E-state index in [1.807, 2.05) is 41.8 Å². The number of halogens is 1. The molecule has 2 aromatic carbocycles. The van der Waals surface area contributed by atoms with Crippen molar-refractivity contribution in [2.75, 3.05) is 0 Å². The van der Waals surface area contributed by atoms with E-state index in [0.717, 1.165) is 16.8 Å². The Morgan fingerprint density at radius 1 is 1.09 bits per heavy atom. The summed E-state index contributed by atoms with van der Waals surface area (Å²) in [7, 11) is 0. The van der Waals surface area contributed by atoms with Crippen molar-refractivity contribution < 1.29 is 4.39 Å². The summed E-state index contributed by atoms with van der Waals surface area (Å²) >= 11 is 1.40. The molecule has 2 nitrogen and oxygen atoms in total. The van der Waals surface area contributed by atoms with Gasteiger partial charge in [0.1, 0.15) is 16.9 Å². The third kappa shape index (κ3) is 3.11. The average molecular weight is 306 g/mol. The van der Waals surface area contributed by atoms with Crippen molar-refractivity contribution >= 4 is 23.0 Å². The van der Waals surface area contributed by atoms with Gasteiger partial charge in [-0.2, -0.15) is 5.26 Å². The third-order valence-electron chi connectivity index (χ3n) is 3.11. The molecule has 0 aliphatic heterocycles. The molecule has 1 aromatic heterocycles. The second kappa shape index (κ2) is 6.33. The first-order valence-electron chi connectivity index (χ1n) is 6.65. The summed E-state index contributed by atoms with van der Waals surface area (Å²) in [5.74, 6) is -0.277. The predicted octanol–water partition coefficient (Wildman–Crippen LogP) is 5.01. The fourth-order valence-electron chi connectivity index (χ4n) is 2.01. The quantitative estimate of drug-likeness (QED) is 0.637. The van der Waals surface area contributed by atoms with E-state index in [-0.39, 0.29) is 5.82 Å². The van der Waals surface area contributed by atoms with E-state index < -0.39 is 0 Å². The molecule has 0 amide bonds. The fourth-order valence-corrected chi connectivity index (χ4v) is 2.80. The average Bonchev–Trinajstić information content (AvgIpc) is 3.04. The molecule has 0 N–H and O–H groups in total. The molecular formula is C18H11FN2S. The molecule has 0 saturated carbocycles. The van der Waals surface area contributed by atoms with Crippen LogP contribution in [0.15, 0.2) is 60.0 Å². The Balaban J connectivity index is 1.94. The lowest BCUT2D eigenvalue weighted by atomic mass is 10.1. The number of nitrogens with zero attached hydrogens (tertiary/aromatic N) is 2. The van der Waals surface area contributed by atoms with Crippen molar-refractivity contribution in [3.05, 3.63) is 76.4 Å². The molecule has 0 saturated heterocycles. The molecule has 0 radical (unpaired) electrons. The van der Waals surface area contributed by atoms with Crippen LogP contribution in [0.4, 0.5) is 4.39 Å². The Bertz CT molecular complexity index is 843. The van der Waals surface area contributed by atoms with Gasteiger partial charge in [0.2, 0.25) is 0 Å². The van der Waals surface area contributed by atoms with E-state index >= 15 is 0 Å². The van der Waals surface area contributed by atoms with Gasteiger partial charge in [-0.25, -0.2) is 9.37 Å². The van der Waals surface area contributed by atoms with Crippen molar-refractivity contribution in [1.29, 1.82) is 5.26 Å². The normalized spacial score (nSPS) is 11.2. The fraction of sp³-hybridized carbons (Fsp3) is 0. The van der Waals surface area contributed by atoms with Crippen molar-refractivity contribution in [3.8, 4) is 17.3 Å². The van der Waals surface area contributed by atoms with Gasteiger partial charge >= 0.3 is 0 Å². The van der Waals surface area contributed by atoms with Crippen molar-refractivity contribution in [2.24, 2.45) is 0 Å². The van der Waals surface area contributed by atoms with Crippen molar-refractivity contribution in [1.82, 2.24) is 4.98 Å². The molecule has 0 unspecified atom stereocenters. The summed E-state index contributed by atoms with van der Waals surface area (Å²) in [6.07, 6.45) is 1.81. The Labute approximate surface area is 131 Å². The van der Waals surface area contributed by atoms with Crippen molar-refractivity contribution in [3.63, 3.8) is 0 Å². The van der Waals surface area contributed by atoms with E-state index in [9.17, 15) is 9.65 Å². The molecule has 0 atom stereocenters. The first kappa shape index (κ1) is 14.2. The third-order valence-corrected chi connectivity index (χ3v) is 3.98. The highest BCUT2D eigenvalue weighted by molar-refractivity contribution is 7.11. The summed E-state index contributed by atoms with van der Waals surface area (Å²) < 4.78 is 13.0. The van der Waals surface area contributed by atoms with Gasteiger partial charge in [0.05, 0.1) is 11.3 Å². The Hall–Kier alpha value is -2.77. The van der Waals surface area contributed by atoms with Crippen LogP contribution in [0.1, 0.15) is 10.6 Å². The minimum atomic E-state index is -0.277. The number of hydrogen-bond acceptors (Lipinski definition) is 3. The minimum absolute atomic E-state index is 0.277. The van der Waals surface area contributed by atoms with Crippen LogP contribution in [0.25, 0.3) is 22.9 Å². The summed E-state index contributed by atoms with van der Waals surface area (Å²) in [6, 6.07) is 18.0. The zero-order valence-electron chi connectivity index (χ0n) is 11.5. The van der Waals surface area contributed by atoms with Crippen LogP contribution in [0, 0.1) is 17.1 Å². The summed E-state index contributed by atoms with van der Waals surface area (Å²) in [5, 5.41) is 11.9. The van der Waals surface area contributed by atoms with Crippen molar-refractivity contribution in [2.45, 2.75) is 0 Å². The van der Waals surface area contributed by atoms with Crippen LogP contribution in [-0.4, -0.2) is 4.98 Å². The van der Waals surface area contributed by atoms with Crippen LogP contribution in [0.5, 0.6) is 0 Å². The van der Waals surface area contributed by atoms with E-state index in [4.69, 9.17) is 0 Å². The maximum Gasteiger partial charge on any atom is 0.134 e. The molecule has 106 valence electrons. The standard InChI is InChI=1S/C18H11FN2S/c19-16-8-6-14(7-9-16)17-12-22-18(21-17)15(11-20)10-13-4-2-1-3-5-13/h1-10,12H/b15-10+. The predicted molar refractivity (Wildman–Crippen MR) is 87.4 cm³/mol. The minimum Gasteiger partial charge on any atom is -0.235 e. The maximum atomic E-state index is 13.0. The largest absolute Gasteiger partial charge is 0.235 e. The first-order chi connectivity index (χ1) is 10.8. The van der Waals surface area contributed by atoms with Gasteiger partial charge in [0.15, 0.2) is 0 Å². The van der Waals surface area contributed by atoms with E-state index in [1.54, 1.807) is 12.1 Å². The maximum absolute atomic E-state index is 13.0. The van der Waals surface area contributed by atoms with Crippen LogP contribution < -0.4 is 0 Å². The second-order valence-corrected chi connectivity index (χ2v) is 5.48. The molecule has 0 spiro atoms. The zero-order valence-corrected chi connectivity index (χ0v) is 12.3. The highest BCUT2D eigenvalue weighted by atomic mass is 32.1. The van der Waals surface area contributed by atoms with Crippen LogP contribution in [0.3, 0.4) is 0 Å². The lowest BCUT2D eigenvalue weighted by Gasteiger charge is -1.96. The molecule has 0 fully saturated rings. The smallest absolute Gasteiger partial charge is 0.134 e. The molecule has 4 heteroatoms. The van der Waals surface area contributed by atoms with Crippen LogP contribution in [-0.2, 0) is 0 Å². The number of hydrogen-bond donors (Lipinski definition) is 0. The molecule has 1 heterocycles. The molecule has 22 heavy (non-hydrogen) atoms. The Morgan fingerprint density at radius 3 is 2.50 bits per heavy atom. The van der Waals surface area contributed by atoms with E-state index in [0.29, 0.717) is 10.6 Å². The Morgan fingerprint density at radius 2 is 1.82 bits per heavy atom. The topological polar surface area (TPSA) is 36.7 Å². The van der Waals surface area contributed by atoms with E-state index in [2.05, 4.69) is 11.1 Å². The monoisotopic (exact) mass is 306 g/mol. The SMILES string of the molecule is N#C/C(=C\c1ccccc1)c1nc(-c2ccc(F)cc2)cs1. The molecular weight excluding hydrogens is 295 g/mol. The van der Waals surface area contributed by atoms with Gasteiger partial charge in [-0.05, 0) is 35.9 Å². The van der Waals surface area contributed by atoms with Gasteiger partial charge in [-0.3, -0.25) is 0 Å². The molecule has 0 aliphatic carbocycles. The van der Waals surface area contributed by atoms with Crippen LogP contribution in [0.2, 0.25) is 0 Å². The first-order valence-corrected chi connectivity index (χ1v) is 7.53. The van der Waals surface area contributed by atoms with Gasteiger partial charge in [-0.15, -0.1) is 11.3 Å². The molecule has 0 bridgehead atoms. The molecule has 0 aliphatic rings. The summed E-state index contributed by atoms with van der Waals surface area (Å²) in [5.41, 5.74) is 3.05. The second-order valence-electron chi connectivity index (χ2n) is 4.63. The van der Waals surface area contributed by atoms with Gasteiger partial charge < -0.3 is 0 Å². The van der Waals surface area contributed by atoms with E-state index in [1.165, 1.54) is 23.5 Å². The number of allylic oxidation sites excluding steroid dienone is 1.